The fraction of sp³-hybridized carbons (Fsp3) is 0.125. The summed E-state index contributed by atoms with van der Waals surface area (Å²) < 4.78 is 5.01. The van der Waals surface area contributed by atoms with Crippen molar-refractivity contribution in [1.82, 2.24) is 9.97 Å². The molecular formula is C16H14N2O2. The predicted molar refractivity (Wildman–Crippen MR) is 76.6 cm³/mol. The summed E-state index contributed by atoms with van der Waals surface area (Å²) in [4.78, 5) is 8.38. The van der Waals surface area contributed by atoms with E-state index in [2.05, 4.69) is 9.97 Å². The first-order valence-electron chi connectivity index (χ1n) is 6.30. The van der Waals surface area contributed by atoms with Crippen LogP contribution in [0.15, 0.2) is 54.9 Å². The van der Waals surface area contributed by atoms with Gasteiger partial charge in [-0.05, 0) is 29.8 Å². The van der Waals surface area contributed by atoms with Gasteiger partial charge < -0.3 is 9.84 Å². The Balaban J connectivity index is 1.96. The molecule has 0 fully saturated rings. The first-order valence-corrected chi connectivity index (χ1v) is 6.30. The Morgan fingerprint density at radius 2 is 1.90 bits per heavy atom. The maximum absolute atomic E-state index is 10.4. The number of aromatic nitrogens is 2. The number of rotatable bonds is 3. The minimum absolute atomic E-state index is 0.531. The first-order chi connectivity index (χ1) is 9.78. The standard InChI is InChI=1S/C16H14N2O2/c1-20-15-7-5-13(10-18-15)16(19)12-4-6-14-11(9-12)3-2-8-17-14/h2-10,16,19H,1H3. The second-order valence-electron chi connectivity index (χ2n) is 4.49. The van der Waals surface area contributed by atoms with Crippen LogP contribution in [0.5, 0.6) is 5.88 Å². The van der Waals surface area contributed by atoms with Crippen LogP contribution >= 0.6 is 0 Å². The number of pyridine rings is 2. The number of ether oxygens (including phenoxy) is 1. The van der Waals surface area contributed by atoms with E-state index in [1.165, 1.54) is 0 Å². The quantitative estimate of drug-likeness (QED) is 0.792. The summed E-state index contributed by atoms with van der Waals surface area (Å²) in [6.07, 6.45) is 2.67. The zero-order valence-corrected chi connectivity index (χ0v) is 11.0. The van der Waals surface area contributed by atoms with Crippen molar-refractivity contribution in [2.24, 2.45) is 0 Å². The van der Waals surface area contributed by atoms with E-state index in [0.717, 1.165) is 22.0 Å². The molecule has 0 radical (unpaired) electrons. The third kappa shape index (κ3) is 2.33. The molecule has 0 aliphatic rings. The average Bonchev–Trinajstić information content (AvgIpc) is 2.54. The largest absolute Gasteiger partial charge is 0.481 e. The maximum Gasteiger partial charge on any atom is 0.212 e. The Hall–Kier alpha value is -2.46. The Kier molecular flexibility index (Phi) is 3.31. The van der Waals surface area contributed by atoms with Crippen LogP contribution < -0.4 is 4.74 Å². The zero-order chi connectivity index (χ0) is 13.9. The average molecular weight is 266 g/mol. The minimum atomic E-state index is -0.710. The lowest BCUT2D eigenvalue weighted by Crippen LogP contribution is -2.00. The van der Waals surface area contributed by atoms with Gasteiger partial charge in [0, 0.05) is 29.4 Å². The van der Waals surface area contributed by atoms with Crippen molar-refractivity contribution in [3.8, 4) is 5.88 Å². The van der Waals surface area contributed by atoms with Gasteiger partial charge in [0.15, 0.2) is 0 Å². The van der Waals surface area contributed by atoms with Crippen molar-refractivity contribution >= 4 is 10.9 Å². The number of aliphatic hydroxyl groups is 1. The van der Waals surface area contributed by atoms with Crippen LogP contribution in [0, 0.1) is 0 Å². The van der Waals surface area contributed by atoms with E-state index in [-0.39, 0.29) is 0 Å². The third-order valence-electron chi connectivity index (χ3n) is 3.23. The van der Waals surface area contributed by atoms with Gasteiger partial charge >= 0.3 is 0 Å². The van der Waals surface area contributed by atoms with E-state index in [9.17, 15) is 5.11 Å². The number of hydrogen-bond acceptors (Lipinski definition) is 4. The molecule has 0 saturated carbocycles. The van der Waals surface area contributed by atoms with Gasteiger partial charge in [-0.25, -0.2) is 4.98 Å². The molecule has 3 rings (SSSR count). The molecule has 1 unspecified atom stereocenters. The van der Waals surface area contributed by atoms with Gasteiger partial charge in [-0.2, -0.15) is 0 Å². The highest BCUT2D eigenvalue weighted by atomic mass is 16.5. The minimum Gasteiger partial charge on any atom is -0.481 e. The summed E-state index contributed by atoms with van der Waals surface area (Å²) in [6.45, 7) is 0. The number of nitrogens with zero attached hydrogens (tertiary/aromatic N) is 2. The van der Waals surface area contributed by atoms with Crippen LogP contribution in [0.3, 0.4) is 0 Å². The zero-order valence-electron chi connectivity index (χ0n) is 11.0. The molecule has 1 atom stereocenters. The number of hydrogen-bond donors (Lipinski definition) is 1. The molecular weight excluding hydrogens is 252 g/mol. The third-order valence-corrected chi connectivity index (χ3v) is 3.23. The Bertz CT molecular complexity index is 726. The molecule has 1 aromatic carbocycles. The molecule has 2 aromatic heterocycles. The molecule has 0 saturated heterocycles. The molecule has 0 amide bonds. The smallest absolute Gasteiger partial charge is 0.212 e. The molecule has 3 aromatic rings. The molecule has 4 heteroatoms. The number of methoxy groups -OCH3 is 1. The van der Waals surface area contributed by atoms with E-state index < -0.39 is 6.10 Å². The van der Waals surface area contributed by atoms with Gasteiger partial charge in [0.05, 0.1) is 12.6 Å². The molecule has 1 N–H and O–H groups in total. The van der Waals surface area contributed by atoms with Gasteiger partial charge in [-0.15, -0.1) is 0 Å². The van der Waals surface area contributed by atoms with E-state index in [1.54, 1.807) is 25.6 Å². The van der Waals surface area contributed by atoms with Crippen molar-refractivity contribution in [3.05, 3.63) is 66.0 Å². The topological polar surface area (TPSA) is 55.2 Å². The van der Waals surface area contributed by atoms with E-state index in [1.807, 2.05) is 36.4 Å². The van der Waals surface area contributed by atoms with Gasteiger partial charge in [0.25, 0.3) is 0 Å². The number of aliphatic hydroxyl groups excluding tert-OH is 1. The fourth-order valence-corrected chi connectivity index (χ4v) is 2.13. The Labute approximate surface area is 116 Å². The van der Waals surface area contributed by atoms with Crippen molar-refractivity contribution in [1.29, 1.82) is 0 Å². The molecule has 100 valence electrons. The lowest BCUT2D eigenvalue weighted by atomic mass is 10.0. The second kappa shape index (κ2) is 5.27. The van der Waals surface area contributed by atoms with Crippen molar-refractivity contribution in [2.45, 2.75) is 6.10 Å². The molecule has 2 heterocycles. The van der Waals surface area contributed by atoms with Crippen LogP contribution in [-0.2, 0) is 0 Å². The highest BCUT2D eigenvalue weighted by Gasteiger charge is 2.11. The van der Waals surface area contributed by atoms with Gasteiger partial charge in [-0.3, -0.25) is 4.98 Å². The normalized spacial score (nSPS) is 12.3. The van der Waals surface area contributed by atoms with Gasteiger partial charge in [-0.1, -0.05) is 12.1 Å². The van der Waals surface area contributed by atoms with Crippen molar-refractivity contribution in [3.63, 3.8) is 0 Å². The molecule has 20 heavy (non-hydrogen) atoms. The number of benzene rings is 1. The lowest BCUT2D eigenvalue weighted by Gasteiger charge is -2.12. The van der Waals surface area contributed by atoms with Crippen LogP contribution in [0.4, 0.5) is 0 Å². The fourth-order valence-electron chi connectivity index (χ4n) is 2.13. The summed E-state index contributed by atoms with van der Waals surface area (Å²) in [5.74, 6) is 0.531. The first kappa shape index (κ1) is 12.6. The molecule has 0 aliphatic heterocycles. The monoisotopic (exact) mass is 266 g/mol. The van der Waals surface area contributed by atoms with Crippen molar-refractivity contribution < 1.29 is 9.84 Å². The van der Waals surface area contributed by atoms with Crippen LogP contribution in [0.1, 0.15) is 17.2 Å². The predicted octanol–water partition coefficient (Wildman–Crippen LogP) is 2.72. The summed E-state index contributed by atoms with van der Waals surface area (Å²) in [5, 5.41) is 11.4. The summed E-state index contributed by atoms with van der Waals surface area (Å²) in [7, 11) is 1.56. The summed E-state index contributed by atoms with van der Waals surface area (Å²) in [6, 6.07) is 13.1. The molecule has 4 nitrogen and oxygen atoms in total. The highest BCUT2D eigenvalue weighted by Crippen LogP contribution is 2.25. The Morgan fingerprint density at radius 1 is 1.05 bits per heavy atom. The van der Waals surface area contributed by atoms with Crippen LogP contribution in [0.2, 0.25) is 0 Å². The van der Waals surface area contributed by atoms with E-state index in [0.29, 0.717) is 5.88 Å². The van der Waals surface area contributed by atoms with E-state index in [4.69, 9.17) is 4.74 Å². The molecule has 0 bridgehead atoms. The SMILES string of the molecule is COc1ccc(C(O)c2ccc3ncccc3c2)cn1. The highest BCUT2D eigenvalue weighted by molar-refractivity contribution is 5.79. The second-order valence-corrected chi connectivity index (χ2v) is 4.49. The van der Waals surface area contributed by atoms with E-state index >= 15 is 0 Å². The maximum atomic E-state index is 10.4. The lowest BCUT2D eigenvalue weighted by molar-refractivity contribution is 0.220. The van der Waals surface area contributed by atoms with Crippen molar-refractivity contribution in [2.75, 3.05) is 7.11 Å². The van der Waals surface area contributed by atoms with Gasteiger partial charge in [0.2, 0.25) is 5.88 Å². The number of fused-ring (bicyclic) bond motifs is 1. The summed E-state index contributed by atoms with van der Waals surface area (Å²) >= 11 is 0. The molecule has 0 spiro atoms. The molecule has 0 aliphatic carbocycles. The van der Waals surface area contributed by atoms with Crippen LogP contribution in [0.25, 0.3) is 10.9 Å². The Morgan fingerprint density at radius 3 is 2.65 bits per heavy atom. The van der Waals surface area contributed by atoms with Crippen LogP contribution in [-0.4, -0.2) is 22.2 Å². The van der Waals surface area contributed by atoms with Gasteiger partial charge in [0.1, 0.15) is 6.10 Å². The summed E-state index contributed by atoms with van der Waals surface area (Å²) in [5.41, 5.74) is 2.46.